The van der Waals surface area contributed by atoms with E-state index in [4.69, 9.17) is 4.74 Å². The zero-order valence-corrected chi connectivity index (χ0v) is 19.5. The summed E-state index contributed by atoms with van der Waals surface area (Å²) in [6, 6.07) is 0. The molecule has 8 atom stereocenters. The predicted molar refractivity (Wildman–Crippen MR) is 117 cm³/mol. The van der Waals surface area contributed by atoms with E-state index in [1.165, 1.54) is 0 Å². The molecule has 2 amide bonds. The summed E-state index contributed by atoms with van der Waals surface area (Å²) in [4.78, 5) is 53.8. The Bertz CT molecular complexity index is 863. The maximum absolute atomic E-state index is 13.4. The SMILES string of the molecule is CCCN1C(=O)C2CCC3C4CCC5C(=O)OC(=O)C6CCC(C7CCC(C1=O)C2C37)C4C56. The van der Waals surface area contributed by atoms with Crippen LogP contribution in [-0.4, -0.2) is 35.2 Å². The number of fused-ring (bicyclic) bond motifs is 2. The van der Waals surface area contributed by atoms with Crippen LogP contribution in [0.2, 0.25) is 0 Å². The molecular formula is C27H35NO5. The third-order valence-corrected chi connectivity index (χ3v) is 11.5. The Kier molecular flexibility index (Phi) is 4.47. The number of cyclic esters (lactones) is 2. The summed E-state index contributed by atoms with van der Waals surface area (Å²) in [7, 11) is 0. The highest BCUT2D eigenvalue weighted by Crippen LogP contribution is 2.69. The standard InChI is InChI=1S/C27H35NO5/c1-2-11-28-24(29)16-7-3-12-14-5-9-18-23-19(27(32)33-26(18)31)10-6-15(21(14)23)13-4-8-17(25(28)30)22(16)20(12)13/h12-23H,2-11H2,1H3. The van der Waals surface area contributed by atoms with E-state index in [-0.39, 0.29) is 59.3 Å². The maximum atomic E-state index is 13.4. The Morgan fingerprint density at radius 2 is 1.00 bits per heavy atom. The van der Waals surface area contributed by atoms with Crippen molar-refractivity contribution in [2.45, 2.75) is 64.7 Å². The van der Waals surface area contributed by atoms with Crippen LogP contribution >= 0.6 is 0 Å². The lowest BCUT2D eigenvalue weighted by Crippen LogP contribution is -2.67. The first-order chi connectivity index (χ1) is 16.0. The van der Waals surface area contributed by atoms with Crippen LogP contribution in [0.5, 0.6) is 0 Å². The topological polar surface area (TPSA) is 80.8 Å². The van der Waals surface area contributed by atoms with Gasteiger partial charge in [-0.05, 0) is 105 Å². The molecule has 0 bridgehead atoms. The quantitative estimate of drug-likeness (QED) is 0.364. The van der Waals surface area contributed by atoms with E-state index >= 15 is 0 Å². The van der Waals surface area contributed by atoms with Crippen molar-refractivity contribution < 1.29 is 23.9 Å². The maximum Gasteiger partial charge on any atom is 0.316 e. The smallest absolute Gasteiger partial charge is 0.316 e. The molecule has 0 aromatic rings. The zero-order valence-electron chi connectivity index (χ0n) is 19.5. The molecule has 5 aliphatic carbocycles. The number of amides is 2. The van der Waals surface area contributed by atoms with Crippen molar-refractivity contribution in [3.63, 3.8) is 0 Å². The lowest BCUT2D eigenvalue weighted by Gasteiger charge is -2.67. The Labute approximate surface area is 195 Å². The number of likely N-dealkylation sites (tertiary alicyclic amines) is 1. The molecule has 2 heterocycles. The van der Waals surface area contributed by atoms with Gasteiger partial charge in [0.25, 0.3) is 0 Å². The number of hydrogen-bond acceptors (Lipinski definition) is 5. The van der Waals surface area contributed by atoms with Crippen LogP contribution in [0.15, 0.2) is 0 Å². The van der Waals surface area contributed by atoms with Crippen LogP contribution in [0.4, 0.5) is 0 Å². The Morgan fingerprint density at radius 3 is 1.42 bits per heavy atom. The van der Waals surface area contributed by atoms with Gasteiger partial charge in [0.05, 0.1) is 11.8 Å². The molecule has 0 aromatic heterocycles. The van der Waals surface area contributed by atoms with Crippen LogP contribution in [-0.2, 0) is 23.9 Å². The largest absolute Gasteiger partial charge is 0.393 e. The summed E-state index contributed by atoms with van der Waals surface area (Å²) in [6.07, 6.45) is 8.56. The molecular weight excluding hydrogens is 418 g/mol. The first-order valence-corrected chi connectivity index (χ1v) is 13.6. The molecule has 0 spiro atoms. The fraction of sp³-hybridized carbons (Fsp3) is 0.852. The number of piperidine rings is 1. The second-order valence-corrected chi connectivity index (χ2v) is 12.3. The number of rotatable bonds is 2. The fourth-order valence-corrected chi connectivity index (χ4v) is 10.8. The zero-order chi connectivity index (χ0) is 22.6. The molecule has 6 heteroatoms. The minimum Gasteiger partial charge on any atom is -0.393 e. The van der Waals surface area contributed by atoms with Crippen molar-refractivity contribution in [1.82, 2.24) is 4.90 Å². The molecule has 7 rings (SSSR count). The van der Waals surface area contributed by atoms with Gasteiger partial charge in [-0.2, -0.15) is 0 Å². The van der Waals surface area contributed by atoms with Crippen molar-refractivity contribution >= 4 is 23.8 Å². The van der Waals surface area contributed by atoms with Gasteiger partial charge in [0.1, 0.15) is 0 Å². The predicted octanol–water partition coefficient (Wildman–Crippen LogP) is 3.43. The molecule has 0 aromatic carbocycles. The second kappa shape index (κ2) is 7.14. The number of hydrogen-bond donors (Lipinski definition) is 0. The van der Waals surface area contributed by atoms with E-state index in [0.717, 1.165) is 57.8 Å². The van der Waals surface area contributed by atoms with Gasteiger partial charge in [0.2, 0.25) is 11.8 Å². The van der Waals surface area contributed by atoms with E-state index in [1.54, 1.807) is 4.90 Å². The van der Waals surface area contributed by atoms with Gasteiger partial charge in [-0.15, -0.1) is 0 Å². The van der Waals surface area contributed by atoms with E-state index in [9.17, 15) is 19.2 Å². The van der Waals surface area contributed by atoms with Crippen molar-refractivity contribution in [3.8, 4) is 0 Å². The van der Waals surface area contributed by atoms with Crippen LogP contribution < -0.4 is 0 Å². The van der Waals surface area contributed by atoms with Gasteiger partial charge >= 0.3 is 11.9 Å². The molecule has 0 radical (unpaired) electrons. The minimum absolute atomic E-state index is 0.0266. The fourth-order valence-electron chi connectivity index (χ4n) is 10.8. The summed E-state index contributed by atoms with van der Waals surface area (Å²) in [5, 5.41) is 0. The molecule has 178 valence electrons. The number of nitrogens with zero attached hydrogens (tertiary/aromatic N) is 1. The lowest BCUT2D eigenvalue weighted by molar-refractivity contribution is -0.217. The molecule has 7 aliphatic rings. The Balaban J connectivity index is 1.27. The van der Waals surface area contributed by atoms with Crippen LogP contribution in [0.25, 0.3) is 0 Å². The van der Waals surface area contributed by atoms with Crippen molar-refractivity contribution in [3.05, 3.63) is 0 Å². The molecule has 5 saturated carbocycles. The summed E-state index contributed by atoms with van der Waals surface area (Å²) in [5.74, 6) is 3.04. The average Bonchev–Trinajstić information content (AvgIpc) is 2.82. The van der Waals surface area contributed by atoms with Gasteiger partial charge < -0.3 is 4.74 Å². The first kappa shape index (κ1) is 20.6. The molecule has 0 N–H and O–H groups in total. The van der Waals surface area contributed by atoms with E-state index in [2.05, 4.69) is 0 Å². The van der Waals surface area contributed by atoms with Gasteiger partial charge in [-0.3, -0.25) is 24.1 Å². The normalized spacial score (nSPS) is 52.1. The summed E-state index contributed by atoms with van der Waals surface area (Å²) >= 11 is 0. The molecule has 8 unspecified atom stereocenters. The van der Waals surface area contributed by atoms with Crippen molar-refractivity contribution in [1.29, 1.82) is 0 Å². The molecule has 7 fully saturated rings. The molecule has 2 aliphatic heterocycles. The highest BCUT2D eigenvalue weighted by molar-refractivity contribution is 6.00. The average molecular weight is 454 g/mol. The highest BCUT2D eigenvalue weighted by atomic mass is 16.6. The molecule has 6 nitrogen and oxygen atoms in total. The third-order valence-electron chi connectivity index (χ3n) is 11.5. The van der Waals surface area contributed by atoms with Gasteiger partial charge in [0.15, 0.2) is 0 Å². The monoisotopic (exact) mass is 453 g/mol. The molecule has 2 saturated heterocycles. The summed E-state index contributed by atoms with van der Waals surface area (Å²) in [5.41, 5.74) is 0. The van der Waals surface area contributed by atoms with Crippen LogP contribution in [0, 0.1) is 71.0 Å². The van der Waals surface area contributed by atoms with E-state index in [1.807, 2.05) is 6.92 Å². The van der Waals surface area contributed by atoms with Crippen LogP contribution in [0.1, 0.15) is 64.7 Å². The first-order valence-electron chi connectivity index (χ1n) is 13.6. The summed E-state index contributed by atoms with van der Waals surface area (Å²) in [6.45, 7) is 2.61. The number of ether oxygens (including phenoxy) is 1. The lowest BCUT2D eigenvalue weighted by atomic mass is 9.38. The van der Waals surface area contributed by atoms with Crippen molar-refractivity contribution in [2.75, 3.05) is 6.54 Å². The number of imide groups is 1. The van der Waals surface area contributed by atoms with Crippen molar-refractivity contribution in [2.24, 2.45) is 71.0 Å². The van der Waals surface area contributed by atoms with E-state index in [0.29, 0.717) is 42.1 Å². The highest BCUT2D eigenvalue weighted by Gasteiger charge is 2.67. The minimum atomic E-state index is -0.269. The van der Waals surface area contributed by atoms with Gasteiger partial charge in [-0.25, -0.2) is 0 Å². The Morgan fingerprint density at radius 1 is 0.606 bits per heavy atom. The molecule has 33 heavy (non-hydrogen) atoms. The van der Waals surface area contributed by atoms with Gasteiger partial charge in [-0.1, -0.05) is 6.92 Å². The number of esters is 2. The Hall–Kier alpha value is -1.72. The van der Waals surface area contributed by atoms with E-state index < -0.39 is 0 Å². The van der Waals surface area contributed by atoms with Gasteiger partial charge in [0, 0.05) is 18.4 Å². The number of carbonyl (C=O) groups excluding carboxylic acids is 4. The van der Waals surface area contributed by atoms with Crippen LogP contribution in [0.3, 0.4) is 0 Å². The third kappa shape index (κ3) is 2.56. The summed E-state index contributed by atoms with van der Waals surface area (Å²) < 4.78 is 5.20. The number of carbonyl (C=O) groups is 4. The second-order valence-electron chi connectivity index (χ2n) is 12.3.